The molecule has 2 atom stereocenters. The summed E-state index contributed by atoms with van der Waals surface area (Å²) in [5.41, 5.74) is 5.77. The summed E-state index contributed by atoms with van der Waals surface area (Å²) in [5.74, 6) is -0.0285. The van der Waals surface area contributed by atoms with Crippen LogP contribution in [0.5, 0.6) is 0 Å². The highest BCUT2D eigenvalue weighted by Crippen LogP contribution is 2.12. The second kappa shape index (κ2) is 5.34. The molecule has 0 fully saturated rings. The molecule has 2 aromatic rings. The van der Waals surface area contributed by atoms with Crippen molar-refractivity contribution in [3.63, 3.8) is 0 Å². The van der Waals surface area contributed by atoms with Crippen molar-refractivity contribution in [3.8, 4) is 0 Å². The van der Waals surface area contributed by atoms with Crippen molar-refractivity contribution in [2.45, 2.75) is 18.6 Å². The van der Waals surface area contributed by atoms with E-state index in [9.17, 15) is 9.90 Å². The highest BCUT2D eigenvalue weighted by Gasteiger charge is 2.21. The fraction of sp³-hybridized carbons (Fsp3) is 0.500. The summed E-state index contributed by atoms with van der Waals surface area (Å²) in [7, 11) is 1.39. The van der Waals surface area contributed by atoms with Gasteiger partial charge in [-0.25, -0.2) is 4.79 Å². The Hall–Kier alpha value is -1.97. The Morgan fingerprint density at radius 3 is 3.00 bits per heavy atom. The van der Waals surface area contributed by atoms with E-state index in [1.807, 2.05) is 0 Å². The molecule has 104 valence electrons. The lowest BCUT2D eigenvalue weighted by Gasteiger charge is -2.18. The minimum absolute atomic E-state index is 0.0285. The highest BCUT2D eigenvalue weighted by molar-refractivity contribution is 5.48. The van der Waals surface area contributed by atoms with Gasteiger partial charge in [0.2, 0.25) is 5.95 Å². The Bertz CT molecular complexity index is 618. The summed E-state index contributed by atoms with van der Waals surface area (Å²) in [5, 5.41) is 22.8. The number of fused-ring (bicyclic) bond motifs is 1. The minimum atomic E-state index is -0.940. The van der Waals surface area contributed by atoms with Gasteiger partial charge in [-0.3, -0.25) is 4.98 Å². The van der Waals surface area contributed by atoms with Gasteiger partial charge >= 0.3 is 5.69 Å². The van der Waals surface area contributed by atoms with Gasteiger partial charge in [-0.2, -0.15) is 14.6 Å². The Morgan fingerprint density at radius 1 is 1.63 bits per heavy atom. The number of aliphatic hydroxyl groups excluding tert-OH is 2. The van der Waals surface area contributed by atoms with Crippen LogP contribution in [0.4, 0.5) is 5.95 Å². The molecular weight excluding hydrogens is 254 g/mol. The molecular formula is C10H15N5O4. The molecule has 9 heteroatoms. The second-order valence-corrected chi connectivity index (χ2v) is 4.06. The normalized spacial score (nSPS) is 14.7. The number of aliphatic hydroxyl groups is 2. The molecule has 0 radical (unpaired) electrons. The summed E-state index contributed by atoms with van der Waals surface area (Å²) in [6, 6.07) is 0. The second-order valence-electron chi connectivity index (χ2n) is 4.06. The van der Waals surface area contributed by atoms with Crippen LogP contribution in [-0.4, -0.2) is 55.7 Å². The number of nitrogens with two attached hydrogens (primary N) is 1. The monoisotopic (exact) mass is 269 g/mol. The van der Waals surface area contributed by atoms with Crippen molar-refractivity contribution in [3.05, 3.63) is 22.2 Å². The van der Waals surface area contributed by atoms with E-state index in [0.29, 0.717) is 5.56 Å². The number of methoxy groups -OCH3 is 1. The van der Waals surface area contributed by atoms with Crippen molar-refractivity contribution in [1.82, 2.24) is 19.6 Å². The first-order valence-electron chi connectivity index (χ1n) is 5.61. The van der Waals surface area contributed by atoms with Gasteiger partial charge in [0.25, 0.3) is 0 Å². The van der Waals surface area contributed by atoms with Gasteiger partial charge in [0.1, 0.15) is 6.10 Å². The van der Waals surface area contributed by atoms with E-state index >= 15 is 0 Å². The molecule has 0 amide bonds. The van der Waals surface area contributed by atoms with E-state index in [-0.39, 0.29) is 24.6 Å². The van der Waals surface area contributed by atoms with Crippen molar-refractivity contribution in [1.29, 1.82) is 0 Å². The maximum absolute atomic E-state index is 11.5. The molecule has 0 aliphatic carbocycles. The molecule has 0 aliphatic rings. The van der Waals surface area contributed by atoms with Crippen LogP contribution in [0, 0.1) is 0 Å². The third-order valence-electron chi connectivity index (χ3n) is 2.81. The fourth-order valence-electron chi connectivity index (χ4n) is 1.80. The molecule has 2 aromatic heterocycles. The number of aromatic nitrogens is 4. The largest absolute Gasteiger partial charge is 0.394 e. The van der Waals surface area contributed by atoms with Crippen molar-refractivity contribution in [2.24, 2.45) is 0 Å². The highest BCUT2D eigenvalue weighted by atomic mass is 16.5. The summed E-state index contributed by atoms with van der Waals surface area (Å²) in [4.78, 5) is 17.8. The first kappa shape index (κ1) is 13.5. The average molecular weight is 269 g/mol. The zero-order chi connectivity index (χ0) is 14.0. The van der Waals surface area contributed by atoms with Crippen LogP contribution >= 0.6 is 0 Å². The number of nitrogen functional groups attached to an aromatic ring is 1. The smallest absolute Gasteiger partial charge is 0.350 e. The third kappa shape index (κ3) is 2.57. The molecule has 0 saturated heterocycles. The lowest BCUT2D eigenvalue weighted by Crippen LogP contribution is -2.33. The van der Waals surface area contributed by atoms with Crippen molar-refractivity contribution in [2.75, 3.05) is 19.5 Å². The number of hydrogen-bond acceptors (Lipinski definition) is 7. The van der Waals surface area contributed by atoms with E-state index in [1.54, 1.807) is 0 Å². The maximum Gasteiger partial charge on any atom is 0.350 e. The predicted octanol–water partition coefficient (Wildman–Crippen LogP) is -2.09. The zero-order valence-corrected chi connectivity index (χ0v) is 10.3. The number of rotatable bonds is 5. The van der Waals surface area contributed by atoms with Gasteiger partial charge in [-0.1, -0.05) is 0 Å². The first-order valence-corrected chi connectivity index (χ1v) is 5.61. The lowest BCUT2D eigenvalue weighted by molar-refractivity contribution is -0.0401. The predicted molar refractivity (Wildman–Crippen MR) is 65.6 cm³/mol. The van der Waals surface area contributed by atoms with E-state index < -0.39 is 17.9 Å². The molecule has 9 nitrogen and oxygen atoms in total. The molecule has 5 N–H and O–H groups in total. The number of H-pyrrole nitrogens is 1. The van der Waals surface area contributed by atoms with Crippen LogP contribution in [0.15, 0.2) is 11.0 Å². The van der Waals surface area contributed by atoms with Crippen LogP contribution in [0.1, 0.15) is 5.56 Å². The number of ether oxygens (including phenoxy) is 1. The van der Waals surface area contributed by atoms with Gasteiger partial charge in [0.05, 0.1) is 18.9 Å². The quantitative estimate of drug-likeness (QED) is 0.488. The first-order chi connectivity index (χ1) is 9.06. The van der Waals surface area contributed by atoms with Gasteiger partial charge in [-0.05, 0) is 0 Å². The van der Waals surface area contributed by atoms with Crippen LogP contribution in [0.25, 0.3) is 5.65 Å². The molecule has 0 aromatic carbocycles. The van der Waals surface area contributed by atoms with E-state index in [2.05, 4.69) is 15.1 Å². The Morgan fingerprint density at radius 2 is 2.37 bits per heavy atom. The van der Waals surface area contributed by atoms with Gasteiger partial charge < -0.3 is 20.7 Å². The number of anilines is 1. The number of nitrogens with zero attached hydrogens (tertiary/aromatic N) is 3. The molecule has 0 bridgehead atoms. The number of aromatic amines is 1. The van der Waals surface area contributed by atoms with Crippen LogP contribution in [0.3, 0.4) is 0 Å². The van der Waals surface area contributed by atoms with Gasteiger partial charge in [0, 0.05) is 19.1 Å². The maximum atomic E-state index is 11.5. The fourth-order valence-corrected chi connectivity index (χ4v) is 1.80. The van der Waals surface area contributed by atoms with E-state index in [4.69, 9.17) is 15.6 Å². The molecule has 19 heavy (non-hydrogen) atoms. The van der Waals surface area contributed by atoms with E-state index in [0.717, 1.165) is 4.52 Å². The topological polar surface area (TPSA) is 139 Å². The average Bonchev–Trinajstić information content (AvgIpc) is 2.74. The minimum Gasteiger partial charge on any atom is -0.394 e. The molecule has 2 rings (SSSR count). The Kier molecular flexibility index (Phi) is 3.79. The molecule has 0 spiro atoms. The molecule has 2 heterocycles. The summed E-state index contributed by atoms with van der Waals surface area (Å²) >= 11 is 0. The van der Waals surface area contributed by atoms with Crippen LogP contribution < -0.4 is 11.4 Å². The summed E-state index contributed by atoms with van der Waals surface area (Å²) in [6.45, 7) is -0.312. The zero-order valence-electron chi connectivity index (χ0n) is 10.3. The standard InChI is InChI=1S/C10H15N5O4/c1-19-7(4-16)6(17)2-5-3-12-15-8(5)13-9(11)14-10(15)18/h3,6-7,16-17H,2,4H2,1H3,(H3,11,13,14,18). The van der Waals surface area contributed by atoms with Gasteiger partial charge in [-0.15, -0.1) is 0 Å². The summed E-state index contributed by atoms with van der Waals surface area (Å²) < 4.78 is 5.98. The summed E-state index contributed by atoms with van der Waals surface area (Å²) in [6.07, 6.45) is -0.0948. The lowest BCUT2D eigenvalue weighted by atomic mass is 10.1. The van der Waals surface area contributed by atoms with Gasteiger partial charge in [0.15, 0.2) is 5.65 Å². The molecule has 2 unspecified atom stereocenters. The Balaban J connectivity index is 2.34. The van der Waals surface area contributed by atoms with Crippen molar-refractivity contribution < 1.29 is 14.9 Å². The third-order valence-corrected chi connectivity index (χ3v) is 2.81. The molecule has 0 saturated carbocycles. The number of nitrogens with one attached hydrogen (secondary N) is 1. The Labute approximate surface area is 107 Å². The molecule has 0 aliphatic heterocycles. The SMILES string of the molecule is COC(CO)C(O)Cc1cnn2c(=O)[nH]c(N)nc12. The van der Waals surface area contributed by atoms with Crippen LogP contribution in [-0.2, 0) is 11.2 Å². The van der Waals surface area contributed by atoms with Crippen LogP contribution in [0.2, 0.25) is 0 Å². The van der Waals surface area contributed by atoms with E-state index in [1.165, 1.54) is 13.3 Å². The van der Waals surface area contributed by atoms with Crippen molar-refractivity contribution >= 4 is 11.6 Å². The number of hydrogen-bond donors (Lipinski definition) is 4.